The van der Waals surface area contributed by atoms with Gasteiger partial charge in [0.15, 0.2) is 0 Å². The Bertz CT molecular complexity index is 937. The van der Waals surface area contributed by atoms with E-state index >= 15 is 0 Å². The van der Waals surface area contributed by atoms with Gasteiger partial charge in [-0.1, -0.05) is 24.3 Å². The van der Waals surface area contributed by atoms with Crippen LogP contribution in [-0.4, -0.2) is 43.3 Å². The number of para-hydroxylation sites is 2. The van der Waals surface area contributed by atoms with Crippen LogP contribution >= 0.6 is 0 Å². The lowest BCUT2D eigenvalue weighted by atomic mass is 10.2. The lowest BCUT2D eigenvalue weighted by Gasteiger charge is -2.37. The Kier molecular flexibility index (Phi) is 5.28. The van der Waals surface area contributed by atoms with Crippen LogP contribution in [-0.2, 0) is 0 Å². The molecular weight excluding hydrogens is 350 g/mol. The summed E-state index contributed by atoms with van der Waals surface area (Å²) in [4.78, 5) is 13.7. The number of methoxy groups -OCH3 is 1. The van der Waals surface area contributed by atoms with E-state index in [1.54, 1.807) is 7.11 Å². The monoisotopic (exact) mass is 375 g/mol. The van der Waals surface area contributed by atoms with Crippen molar-refractivity contribution < 1.29 is 4.74 Å². The fraction of sp³-hybridized carbons (Fsp3) is 0.273. The summed E-state index contributed by atoms with van der Waals surface area (Å²) in [5.74, 6) is 2.49. The maximum atomic E-state index is 5.51. The smallest absolute Gasteiger partial charge is 0.229 e. The van der Waals surface area contributed by atoms with Crippen molar-refractivity contribution in [1.29, 1.82) is 0 Å². The van der Waals surface area contributed by atoms with Crippen LogP contribution in [0.3, 0.4) is 0 Å². The van der Waals surface area contributed by atoms with Crippen molar-refractivity contribution in [3.05, 3.63) is 66.4 Å². The second-order valence-electron chi connectivity index (χ2n) is 6.88. The molecule has 28 heavy (non-hydrogen) atoms. The molecule has 0 spiro atoms. The van der Waals surface area contributed by atoms with Gasteiger partial charge in [0, 0.05) is 38.1 Å². The third kappa shape index (κ3) is 4.01. The summed E-state index contributed by atoms with van der Waals surface area (Å²) < 4.78 is 5.51. The average molecular weight is 375 g/mol. The molecule has 2 aromatic carbocycles. The van der Waals surface area contributed by atoms with Crippen molar-refractivity contribution in [1.82, 2.24) is 9.97 Å². The van der Waals surface area contributed by atoms with E-state index in [0.717, 1.165) is 49.1 Å². The number of hydrogen-bond donors (Lipinski definition) is 1. The van der Waals surface area contributed by atoms with Crippen LogP contribution in [0.25, 0.3) is 0 Å². The highest BCUT2D eigenvalue weighted by Gasteiger charge is 2.20. The number of anilines is 4. The number of piperazine rings is 1. The molecule has 1 fully saturated rings. The Balaban J connectivity index is 1.43. The van der Waals surface area contributed by atoms with Gasteiger partial charge in [0.05, 0.1) is 12.8 Å². The third-order valence-corrected chi connectivity index (χ3v) is 4.94. The van der Waals surface area contributed by atoms with Gasteiger partial charge in [-0.25, -0.2) is 4.98 Å². The second-order valence-corrected chi connectivity index (χ2v) is 6.88. The van der Waals surface area contributed by atoms with Gasteiger partial charge in [0.2, 0.25) is 5.95 Å². The number of ether oxygens (including phenoxy) is 1. The van der Waals surface area contributed by atoms with Crippen molar-refractivity contribution >= 4 is 23.1 Å². The molecule has 6 heteroatoms. The normalized spacial score (nSPS) is 14.1. The van der Waals surface area contributed by atoms with E-state index in [4.69, 9.17) is 9.72 Å². The summed E-state index contributed by atoms with van der Waals surface area (Å²) in [5.41, 5.74) is 3.35. The molecule has 6 nitrogen and oxygen atoms in total. The first-order valence-corrected chi connectivity index (χ1v) is 9.52. The molecule has 1 aliphatic heterocycles. The predicted octanol–water partition coefficient (Wildman–Crippen LogP) is 3.86. The minimum atomic E-state index is 0.621. The van der Waals surface area contributed by atoms with Gasteiger partial charge in [-0.05, 0) is 42.8 Å². The van der Waals surface area contributed by atoms with Gasteiger partial charge in [-0.2, -0.15) is 4.98 Å². The number of aryl methyl sites for hydroxylation is 1. The number of aromatic nitrogens is 2. The molecule has 1 aliphatic rings. The summed E-state index contributed by atoms with van der Waals surface area (Å²) >= 11 is 0. The molecule has 0 radical (unpaired) electrons. The van der Waals surface area contributed by atoms with Gasteiger partial charge in [0.1, 0.15) is 11.6 Å². The largest absolute Gasteiger partial charge is 0.495 e. The molecule has 0 bridgehead atoms. The first-order chi connectivity index (χ1) is 13.7. The first kappa shape index (κ1) is 18.1. The third-order valence-electron chi connectivity index (χ3n) is 4.94. The topological polar surface area (TPSA) is 53.5 Å². The Labute approximate surface area is 165 Å². The molecule has 1 saturated heterocycles. The Morgan fingerprint density at radius 1 is 0.929 bits per heavy atom. The van der Waals surface area contributed by atoms with E-state index in [-0.39, 0.29) is 0 Å². The van der Waals surface area contributed by atoms with Crippen molar-refractivity contribution in [2.24, 2.45) is 0 Å². The van der Waals surface area contributed by atoms with Gasteiger partial charge >= 0.3 is 0 Å². The minimum absolute atomic E-state index is 0.621. The zero-order valence-electron chi connectivity index (χ0n) is 16.3. The number of rotatable bonds is 5. The summed E-state index contributed by atoms with van der Waals surface area (Å²) in [7, 11) is 1.72. The standard InChI is InChI=1S/C22H25N5O/c1-17-6-5-7-18(16-17)24-22-23-11-10-21(25-22)27-14-12-26(13-15-27)19-8-3-4-9-20(19)28-2/h3-11,16H,12-15H2,1-2H3,(H,23,24,25). The molecular formula is C22H25N5O. The van der Waals surface area contributed by atoms with Crippen LogP contribution in [0.4, 0.5) is 23.1 Å². The van der Waals surface area contributed by atoms with E-state index < -0.39 is 0 Å². The molecule has 144 valence electrons. The van der Waals surface area contributed by atoms with E-state index in [1.165, 1.54) is 5.56 Å². The van der Waals surface area contributed by atoms with Crippen LogP contribution in [0.1, 0.15) is 5.56 Å². The molecule has 1 N–H and O–H groups in total. The number of nitrogens with one attached hydrogen (secondary N) is 1. The van der Waals surface area contributed by atoms with Gasteiger partial charge < -0.3 is 19.9 Å². The van der Waals surface area contributed by atoms with Crippen LogP contribution in [0.5, 0.6) is 5.75 Å². The minimum Gasteiger partial charge on any atom is -0.495 e. The Hall–Kier alpha value is -3.28. The van der Waals surface area contributed by atoms with E-state index in [9.17, 15) is 0 Å². The summed E-state index contributed by atoms with van der Waals surface area (Å²) in [6.45, 7) is 5.72. The molecule has 1 aromatic heterocycles. The summed E-state index contributed by atoms with van der Waals surface area (Å²) in [6, 6.07) is 18.4. The maximum absolute atomic E-state index is 5.51. The first-order valence-electron chi connectivity index (χ1n) is 9.52. The van der Waals surface area contributed by atoms with Gasteiger partial charge in [-0.3, -0.25) is 0 Å². The van der Waals surface area contributed by atoms with Crippen LogP contribution < -0.4 is 19.9 Å². The lowest BCUT2D eigenvalue weighted by molar-refractivity contribution is 0.413. The summed E-state index contributed by atoms with van der Waals surface area (Å²) in [5, 5.41) is 3.30. The number of nitrogens with zero attached hydrogens (tertiary/aromatic N) is 4. The van der Waals surface area contributed by atoms with Gasteiger partial charge in [0.25, 0.3) is 0 Å². The highest BCUT2D eigenvalue weighted by Crippen LogP contribution is 2.29. The van der Waals surface area contributed by atoms with Gasteiger partial charge in [-0.15, -0.1) is 0 Å². The van der Waals surface area contributed by atoms with E-state index in [2.05, 4.69) is 51.3 Å². The average Bonchev–Trinajstić information content (AvgIpc) is 2.74. The summed E-state index contributed by atoms with van der Waals surface area (Å²) in [6.07, 6.45) is 1.81. The molecule has 0 unspecified atom stereocenters. The molecule has 0 amide bonds. The Morgan fingerprint density at radius 2 is 1.71 bits per heavy atom. The van der Waals surface area contributed by atoms with Crippen molar-refractivity contribution in [3.8, 4) is 5.75 Å². The predicted molar refractivity (Wildman–Crippen MR) is 114 cm³/mol. The zero-order chi connectivity index (χ0) is 19.3. The van der Waals surface area contributed by atoms with E-state index in [0.29, 0.717) is 5.95 Å². The number of benzene rings is 2. The lowest BCUT2D eigenvalue weighted by Crippen LogP contribution is -2.47. The van der Waals surface area contributed by atoms with E-state index in [1.807, 2.05) is 36.5 Å². The molecule has 4 rings (SSSR count). The number of hydrogen-bond acceptors (Lipinski definition) is 6. The highest BCUT2D eigenvalue weighted by atomic mass is 16.5. The fourth-order valence-electron chi connectivity index (χ4n) is 3.50. The maximum Gasteiger partial charge on any atom is 0.229 e. The van der Waals surface area contributed by atoms with Crippen LogP contribution in [0.2, 0.25) is 0 Å². The van der Waals surface area contributed by atoms with Crippen molar-refractivity contribution in [3.63, 3.8) is 0 Å². The molecule has 0 saturated carbocycles. The fourth-order valence-corrected chi connectivity index (χ4v) is 3.50. The second kappa shape index (κ2) is 8.17. The molecule has 0 aliphatic carbocycles. The Morgan fingerprint density at radius 3 is 2.50 bits per heavy atom. The molecule has 0 atom stereocenters. The zero-order valence-corrected chi connectivity index (χ0v) is 16.3. The highest BCUT2D eigenvalue weighted by molar-refractivity contribution is 5.60. The van der Waals surface area contributed by atoms with Crippen LogP contribution in [0, 0.1) is 6.92 Å². The quantitative estimate of drug-likeness (QED) is 0.731. The molecule has 3 aromatic rings. The van der Waals surface area contributed by atoms with Crippen LogP contribution in [0.15, 0.2) is 60.8 Å². The SMILES string of the molecule is COc1ccccc1N1CCN(c2ccnc(Nc3cccc(C)c3)n2)CC1. The van der Waals surface area contributed by atoms with Crippen molar-refractivity contribution in [2.45, 2.75) is 6.92 Å². The molecule has 2 heterocycles. The van der Waals surface area contributed by atoms with Crippen molar-refractivity contribution in [2.75, 3.05) is 48.4 Å².